The van der Waals surface area contributed by atoms with Crippen LogP contribution in [0, 0.1) is 11.8 Å². The van der Waals surface area contributed by atoms with E-state index in [-0.39, 0.29) is 0 Å². The predicted octanol–water partition coefficient (Wildman–Crippen LogP) is 3.42. The smallest absolute Gasteiger partial charge is 0.233 e. The quantitative estimate of drug-likeness (QED) is 0.605. The summed E-state index contributed by atoms with van der Waals surface area (Å²) in [5.74, 6) is 7.48. The van der Waals surface area contributed by atoms with Crippen molar-refractivity contribution in [3.05, 3.63) is 29.8 Å². The van der Waals surface area contributed by atoms with Crippen LogP contribution in [0.3, 0.4) is 0 Å². The number of nitrogens with zero attached hydrogens (tertiary/aromatic N) is 1. The second-order valence-electron chi connectivity index (χ2n) is 4.65. The van der Waals surface area contributed by atoms with E-state index in [1.807, 2.05) is 31.2 Å². The topological polar surface area (TPSA) is 40.6 Å². The molecular weight excluding hydrogens is 278 g/mol. The molecule has 0 N–H and O–H groups in total. The Balaban J connectivity index is 2.33. The Morgan fingerprint density at radius 3 is 2.68 bits per heavy atom. The van der Waals surface area contributed by atoms with Gasteiger partial charge in [-0.15, -0.1) is 0 Å². The van der Waals surface area contributed by atoms with Crippen LogP contribution in [0.4, 0.5) is 0 Å². The molecule has 0 bridgehead atoms. The summed E-state index contributed by atoms with van der Waals surface area (Å²) < 4.78 is 16.2. The average molecular weight is 299 g/mol. The molecule has 0 fully saturated rings. The minimum atomic E-state index is 0.493. The van der Waals surface area contributed by atoms with Gasteiger partial charge in [0.1, 0.15) is 11.3 Å². The van der Waals surface area contributed by atoms with Crippen molar-refractivity contribution in [3.8, 4) is 23.5 Å². The summed E-state index contributed by atoms with van der Waals surface area (Å²) in [5, 5.41) is 0.935. The SMILES string of the molecule is CCOCCCC#Cc1c(OC)nc2ccccc2c1OC. The summed E-state index contributed by atoms with van der Waals surface area (Å²) in [6.45, 7) is 3.46. The average Bonchev–Trinajstić information content (AvgIpc) is 2.56. The number of rotatable bonds is 6. The summed E-state index contributed by atoms with van der Waals surface area (Å²) in [7, 11) is 3.23. The molecule has 4 heteroatoms. The van der Waals surface area contributed by atoms with Crippen LogP contribution in [-0.2, 0) is 4.74 Å². The van der Waals surface area contributed by atoms with Gasteiger partial charge in [0.2, 0.25) is 5.88 Å². The van der Waals surface area contributed by atoms with Crippen LogP contribution < -0.4 is 9.47 Å². The van der Waals surface area contributed by atoms with E-state index in [0.717, 1.165) is 37.0 Å². The molecule has 22 heavy (non-hydrogen) atoms. The first-order valence-electron chi connectivity index (χ1n) is 7.39. The Labute approximate surface area is 131 Å². The Morgan fingerprint density at radius 2 is 1.95 bits per heavy atom. The third kappa shape index (κ3) is 3.69. The molecule has 0 saturated heterocycles. The zero-order valence-electron chi connectivity index (χ0n) is 13.3. The third-order valence-corrected chi connectivity index (χ3v) is 3.22. The molecule has 0 unspecified atom stereocenters. The fourth-order valence-electron chi connectivity index (χ4n) is 2.19. The van der Waals surface area contributed by atoms with Crippen LogP contribution in [0.2, 0.25) is 0 Å². The number of unbranched alkanes of at least 4 members (excludes halogenated alkanes) is 1. The van der Waals surface area contributed by atoms with Gasteiger partial charge in [-0.05, 0) is 25.5 Å². The van der Waals surface area contributed by atoms with Crippen molar-refractivity contribution in [3.63, 3.8) is 0 Å². The Hall–Kier alpha value is -2.25. The number of hydrogen-bond acceptors (Lipinski definition) is 4. The van der Waals surface area contributed by atoms with Crippen molar-refractivity contribution in [1.82, 2.24) is 4.98 Å². The van der Waals surface area contributed by atoms with E-state index in [1.165, 1.54) is 0 Å². The zero-order chi connectivity index (χ0) is 15.8. The number of methoxy groups -OCH3 is 2. The predicted molar refractivity (Wildman–Crippen MR) is 87.5 cm³/mol. The standard InChI is InChI=1S/C18H21NO3/c1-4-22-13-9-5-6-11-15-17(20-2)14-10-7-8-12-16(14)19-18(15)21-3/h7-8,10,12H,4-5,9,13H2,1-3H3. The lowest BCUT2D eigenvalue weighted by Gasteiger charge is -2.11. The van der Waals surface area contributed by atoms with Gasteiger partial charge >= 0.3 is 0 Å². The number of para-hydroxylation sites is 1. The number of hydrogen-bond donors (Lipinski definition) is 0. The first-order valence-corrected chi connectivity index (χ1v) is 7.39. The highest BCUT2D eigenvalue weighted by molar-refractivity contribution is 5.88. The molecule has 1 aromatic heterocycles. The highest BCUT2D eigenvalue weighted by atomic mass is 16.5. The minimum absolute atomic E-state index is 0.493. The molecule has 2 aromatic rings. The molecular formula is C18H21NO3. The second-order valence-corrected chi connectivity index (χ2v) is 4.65. The van der Waals surface area contributed by atoms with Gasteiger partial charge in [0.05, 0.1) is 19.7 Å². The lowest BCUT2D eigenvalue weighted by molar-refractivity contribution is 0.146. The van der Waals surface area contributed by atoms with Gasteiger partial charge in [0.25, 0.3) is 0 Å². The number of benzene rings is 1. The van der Waals surface area contributed by atoms with E-state index >= 15 is 0 Å². The summed E-state index contributed by atoms with van der Waals surface area (Å²) in [4.78, 5) is 4.50. The molecule has 0 spiro atoms. The fraction of sp³-hybridized carbons (Fsp3) is 0.389. The molecule has 0 amide bonds. The molecule has 0 aliphatic rings. The third-order valence-electron chi connectivity index (χ3n) is 3.22. The van der Waals surface area contributed by atoms with Crippen molar-refractivity contribution >= 4 is 10.9 Å². The van der Waals surface area contributed by atoms with E-state index < -0.39 is 0 Å². The maximum atomic E-state index is 5.55. The van der Waals surface area contributed by atoms with E-state index in [9.17, 15) is 0 Å². The van der Waals surface area contributed by atoms with Gasteiger partial charge in [0.15, 0.2) is 0 Å². The van der Waals surface area contributed by atoms with Crippen LogP contribution >= 0.6 is 0 Å². The fourth-order valence-corrected chi connectivity index (χ4v) is 2.19. The van der Waals surface area contributed by atoms with Crippen LogP contribution in [0.1, 0.15) is 25.3 Å². The van der Waals surface area contributed by atoms with Crippen LogP contribution in [0.25, 0.3) is 10.9 Å². The summed E-state index contributed by atoms with van der Waals surface area (Å²) in [6, 6.07) is 7.80. The highest BCUT2D eigenvalue weighted by Crippen LogP contribution is 2.33. The number of ether oxygens (including phenoxy) is 3. The first-order chi connectivity index (χ1) is 10.8. The lowest BCUT2D eigenvalue weighted by Crippen LogP contribution is -1.98. The van der Waals surface area contributed by atoms with E-state index in [0.29, 0.717) is 17.2 Å². The van der Waals surface area contributed by atoms with Crippen LogP contribution in [0.15, 0.2) is 24.3 Å². The van der Waals surface area contributed by atoms with Gasteiger partial charge in [0, 0.05) is 25.0 Å². The van der Waals surface area contributed by atoms with Crippen molar-refractivity contribution in [2.75, 3.05) is 27.4 Å². The van der Waals surface area contributed by atoms with Crippen molar-refractivity contribution in [1.29, 1.82) is 0 Å². The molecule has 0 aliphatic carbocycles. The molecule has 1 heterocycles. The highest BCUT2D eigenvalue weighted by Gasteiger charge is 2.14. The van der Waals surface area contributed by atoms with Crippen molar-refractivity contribution in [2.45, 2.75) is 19.8 Å². The largest absolute Gasteiger partial charge is 0.495 e. The van der Waals surface area contributed by atoms with Crippen LogP contribution in [0.5, 0.6) is 11.6 Å². The lowest BCUT2D eigenvalue weighted by atomic mass is 10.1. The van der Waals surface area contributed by atoms with Gasteiger partial charge in [-0.1, -0.05) is 24.0 Å². The normalized spacial score (nSPS) is 10.1. The number of fused-ring (bicyclic) bond motifs is 1. The van der Waals surface area contributed by atoms with E-state index in [1.54, 1.807) is 14.2 Å². The molecule has 0 atom stereocenters. The van der Waals surface area contributed by atoms with Gasteiger partial charge in [-0.25, -0.2) is 4.98 Å². The minimum Gasteiger partial charge on any atom is -0.495 e. The maximum absolute atomic E-state index is 5.55. The Morgan fingerprint density at radius 1 is 1.14 bits per heavy atom. The molecule has 1 aromatic carbocycles. The molecule has 2 rings (SSSR count). The van der Waals surface area contributed by atoms with Crippen molar-refractivity contribution in [2.24, 2.45) is 0 Å². The second kappa shape index (κ2) is 8.26. The summed E-state index contributed by atoms with van der Waals surface area (Å²) in [6.07, 6.45) is 1.67. The van der Waals surface area contributed by atoms with Crippen molar-refractivity contribution < 1.29 is 14.2 Å². The number of aromatic nitrogens is 1. The van der Waals surface area contributed by atoms with Gasteiger partial charge < -0.3 is 14.2 Å². The van der Waals surface area contributed by atoms with Crippen LogP contribution in [-0.4, -0.2) is 32.4 Å². The summed E-state index contributed by atoms with van der Waals surface area (Å²) in [5.41, 5.74) is 1.53. The Kier molecular flexibility index (Phi) is 6.05. The van der Waals surface area contributed by atoms with E-state index in [2.05, 4.69) is 16.8 Å². The summed E-state index contributed by atoms with van der Waals surface area (Å²) >= 11 is 0. The zero-order valence-corrected chi connectivity index (χ0v) is 13.3. The molecule has 0 aliphatic heterocycles. The molecule has 116 valence electrons. The van der Waals surface area contributed by atoms with E-state index in [4.69, 9.17) is 14.2 Å². The Bertz CT molecular complexity index is 686. The first kappa shape index (κ1) is 16.1. The number of pyridine rings is 1. The monoisotopic (exact) mass is 299 g/mol. The van der Waals surface area contributed by atoms with Gasteiger partial charge in [-0.3, -0.25) is 0 Å². The molecule has 0 radical (unpaired) electrons. The molecule has 4 nitrogen and oxygen atoms in total. The van der Waals surface area contributed by atoms with Gasteiger partial charge in [-0.2, -0.15) is 0 Å². The molecule has 0 saturated carbocycles. The maximum Gasteiger partial charge on any atom is 0.233 e.